The standard InChI is InChI=1S/C15H23NO3/c1-15(2,16-10-11-17)9-8-12-4-6-13(7-5-12)14(18)19-3/h4-7,16-17H,8-11H2,1-3H3. The highest BCUT2D eigenvalue weighted by Crippen LogP contribution is 2.14. The van der Waals surface area contributed by atoms with Crippen LogP contribution >= 0.6 is 0 Å². The fraction of sp³-hybridized carbons (Fsp3) is 0.533. The summed E-state index contributed by atoms with van der Waals surface area (Å²) in [5.41, 5.74) is 1.75. The molecule has 0 spiro atoms. The summed E-state index contributed by atoms with van der Waals surface area (Å²) in [5.74, 6) is -0.309. The van der Waals surface area contributed by atoms with E-state index in [1.54, 1.807) is 12.1 Å². The summed E-state index contributed by atoms with van der Waals surface area (Å²) >= 11 is 0. The van der Waals surface area contributed by atoms with Gasteiger partial charge in [0.2, 0.25) is 0 Å². The van der Waals surface area contributed by atoms with Crippen molar-refractivity contribution in [1.82, 2.24) is 5.32 Å². The lowest BCUT2D eigenvalue weighted by atomic mass is 9.95. The van der Waals surface area contributed by atoms with Crippen molar-refractivity contribution in [1.29, 1.82) is 0 Å². The molecule has 0 saturated carbocycles. The molecule has 106 valence electrons. The van der Waals surface area contributed by atoms with Gasteiger partial charge in [0.1, 0.15) is 0 Å². The maximum Gasteiger partial charge on any atom is 0.337 e. The highest BCUT2D eigenvalue weighted by atomic mass is 16.5. The zero-order valence-electron chi connectivity index (χ0n) is 11.9. The molecule has 0 aliphatic heterocycles. The minimum absolute atomic E-state index is 0.0102. The fourth-order valence-electron chi connectivity index (χ4n) is 1.86. The summed E-state index contributed by atoms with van der Waals surface area (Å²) in [4.78, 5) is 11.3. The number of benzene rings is 1. The number of ether oxygens (including phenoxy) is 1. The second-order valence-corrected chi connectivity index (χ2v) is 5.22. The molecule has 0 unspecified atom stereocenters. The topological polar surface area (TPSA) is 58.6 Å². The number of carbonyl (C=O) groups is 1. The highest BCUT2D eigenvalue weighted by molar-refractivity contribution is 5.89. The molecule has 0 heterocycles. The van der Waals surface area contributed by atoms with E-state index in [0.29, 0.717) is 12.1 Å². The zero-order chi connectivity index (χ0) is 14.3. The van der Waals surface area contributed by atoms with Crippen molar-refractivity contribution in [2.45, 2.75) is 32.2 Å². The van der Waals surface area contributed by atoms with Gasteiger partial charge in [-0.15, -0.1) is 0 Å². The lowest BCUT2D eigenvalue weighted by Crippen LogP contribution is -2.41. The second kappa shape index (κ2) is 7.26. The molecule has 0 amide bonds. The number of aliphatic hydroxyl groups is 1. The Labute approximate surface area is 114 Å². The molecule has 1 aromatic carbocycles. The Balaban J connectivity index is 2.52. The van der Waals surface area contributed by atoms with Gasteiger partial charge in [-0.3, -0.25) is 0 Å². The van der Waals surface area contributed by atoms with E-state index in [1.807, 2.05) is 12.1 Å². The second-order valence-electron chi connectivity index (χ2n) is 5.22. The summed E-state index contributed by atoms with van der Waals surface area (Å²) in [6.07, 6.45) is 1.89. The molecule has 0 atom stereocenters. The first kappa shape index (κ1) is 15.7. The summed E-state index contributed by atoms with van der Waals surface area (Å²) in [7, 11) is 1.38. The first-order chi connectivity index (χ1) is 8.98. The number of hydrogen-bond donors (Lipinski definition) is 2. The van der Waals surface area contributed by atoms with Crippen molar-refractivity contribution in [3.05, 3.63) is 35.4 Å². The maximum absolute atomic E-state index is 11.3. The molecule has 1 rings (SSSR count). The third-order valence-corrected chi connectivity index (χ3v) is 3.13. The number of esters is 1. The Bertz CT molecular complexity index is 398. The Kier molecular flexibility index (Phi) is 5.99. The average molecular weight is 265 g/mol. The van der Waals surface area contributed by atoms with Gasteiger partial charge >= 0.3 is 5.97 Å². The Morgan fingerprint density at radius 3 is 2.47 bits per heavy atom. The molecule has 0 aromatic heterocycles. The van der Waals surface area contributed by atoms with Crippen molar-refractivity contribution >= 4 is 5.97 Å². The average Bonchev–Trinajstić information content (AvgIpc) is 2.43. The summed E-state index contributed by atoms with van der Waals surface area (Å²) < 4.78 is 4.66. The molecule has 1 aromatic rings. The van der Waals surface area contributed by atoms with Crippen LogP contribution in [0.25, 0.3) is 0 Å². The molecule has 0 aliphatic carbocycles. The number of nitrogens with one attached hydrogen (secondary N) is 1. The highest BCUT2D eigenvalue weighted by Gasteiger charge is 2.16. The number of hydrogen-bond acceptors (Lipinski definition) is 4. The maximum atomic E-state index is 11.3. The van der Waals surface area contributed by atoms with E-state index < -0.39 is 0 Å². The van der Waals surface area contributed by atoms with E-state index in [-0.39, 0.29) is 18.1 Å². The molecule has 0 bridgehead atoms. The van der Waals surface area contributed by atoms with E-state index in [2.05, 4.69) is 23.9 Å². The number of aryl methyl sites for hydroxylation is 1. The van der Waals surface area contributed by atoms with Gasteiger partial charge in [-0.1, -0.05) is 12.1 Å². The first-order valence-corrected chi connectivity index (χ1v) is 6.51. The predicted molar refractivity (Wildman–Crippen MR) is 75.3 cm³/mol. The van der Waals surface area contributed by atoms with Gasteiger partial charge in [-0.2, -0.15) is 0 Å². The van der Waals surface area contributed by atoms with Crippen LogP contribution in [0.3, 0.4) is 0 Å². The van der Waals surface area contributed by atoms with Crippen molar-refractivity contribution in [3.8, 4) is 0 Å². The SMILES string of the molecule is COC(=O)c1ccc(CCC(C)(C)NCCO)cc1. The van der Waals surface area contributed by atoms with Crippen LogP contribution in [0.5, 0.6) is 0 Å². The lowest BCUT2D eigenvalue weighted by molar-refractivity contribution is 0.0600. The van der Waals surface area contributed by atoms with Gasteiger partial charge in [0.25, 0.3) is 0 Å². The molecule has 0 radical (unpaired) electrons. The molecule has 2 N–H and O–H groups in total. The number of methoxy groups -OCH3 is 1. The Morgan fingerprint density at radius 1 is 1.32 bits per heavy atom. The first-order valence-electron chi connectivity index (χ1n) is 6.51. The monoisotopic (exact) mass is 265 g/mol. The van der Waals surface area contributed by atoms with Crippen LogP contribution in [0, 0.1) is 0 Å². The van der Waals surface area contributed by atoms with E-state index >= 15 is 0 Å². The van der Waals surface area contributed by atoms with Crippen LogP contribution in [0.1, 0.15) is 36.2 Å². The van der Waals surface area contributed by atoms with E-state index in [1.165, 1.54) is 12.7 Å². The largest absolute Gasteiger partial charge is 0.465 e. The molecular weight excluding hydrogens is 242 g/mol. The van der Waals surface area contributed by atoms with Gasteiger partial charge in [0.15, 0.2) is 0 Å². The summed E-state index contributed by atoms with van der Waals surface area (Å²) in [6, 6.07) is 7.48. The van der Waals surface area contributed by atoms with Crippen LogP contribution in [-0.4, -0.2) is 36.9 Å². The molecule has 0 aliphatic rings. The number of β-amino-alcohol motifs (C(OH)–C–C–N with tert-alkyl or cyclic N) is 1. The summed E-state index contributed by atoms with van der Waals surface area (Å²) in [5, 5.41) is 12.1. The molecule has 19 heavy (non-hydrogen) atoms. The fourth-order valence-corrected chi connectivity index (χ4v) is 1.86. The third kappa shape index (κ3) is 5.41. The van der Waals surface area contributed by atoms with E-state index in [9.17, 15) is 4.79 Å². The van der Waals surface area contributed by atoms with Gasteiger partial charge in [0.05, 0.1) is 19.3 Å². The minimum atomic E-state index is -0.309. The molecule has 0 fully saturated rings. The van der Waals surface area contributed by atoms with Crippen LogP contribution in [0.15, 0.2) is 24.3 Å². The van der Waals surface area contributed by atoms with Crippen LogP contribution < -0.4 is 5.32 Å². The molecule has 0 saturated heterocycles. The zero-order valence-corrected chi connectivity index (χ0v) is 11.9. The van der Waals surface area contributed by atoms with Gasteiger partial charge < -0.3 is 15.2 Å². The predicted octanol–water partition coefficient (Wildman–Crippen LogP) is 1.77. The Hall–Kier alpha value is -1.39. The van der Waals surface area contributed by atoms with Crippen molar-refractivity contribution in [3.63, 3.8) is 0 Å². The van der Waals surface area contributed by atoms with Gasteiger partial charge in [0, 0.05) is 12.1 Å². The number of rotatable bonds is 7. The van der Waals surface area contributed by atoms with Crippen LogP contribution in [0.4, 0.5) is 0 Å². The molecule has 4 heteroatoms. The minimum Gasteiger partial charge on any atom is -0.465 e. The third-order valence-electron chi connectivity index (χ3n) is 3.13. The number of aliphatic hydroxyl groups excluding tert-OH is 1. The van der Waals surface area contributed by atoms with E-state index in [4.69, 9.17) is 5.11 Å². The van der Waals surface area contributed by atoms with Crippen molar-refractivity contribution < 1.29 is 14.6 Å². The molecular formula is C15H23NO3. The van der Waals surface area contributed by atoms with Crippen molar-refractivity contribution in [2.75, 3.05) is 20.3 Å². The van der Waals surface area contributed by atoms with Gasteiger partial charge in [-0.25, -0.2) is 4.79 Å². The Morgan fingerprint density at radius 2 is 1.95 bits per heavy atom. The van der Waals surface area contributed by atoms with Crippen molar-refractivity contribution in [2.24, 2.45) is 0 Å². The van der Waals surface area contributed by atoms with Crippen LogP contribution in [0.2, 0.25) is 0 Å². The molecule has 4 nitrogen and oxygen atoms in total. The van der Waals surface area contributed by atoms with E-state index in [0.717, 1.165) is 12.8 Å². The lowest BCUT2D eigenvalue weighted by Gasteiger charge is -2.26. The van der Waals surface area contributed by atoms with Crippen LogP contribution in [-0.2, 0) is 11.2 Å². The normalized spacial score (nSPS) is 11.4. The summed E-state index contributed by atoms with van der Waals surface area (Å²) in [6.45, 7) is 4.99. The van der Waals surface area contributed by atoms with Gasteiger partial charge in [-0.05, 0) is 44.4 Å². The quantitative estimate of drug-likeness (QED) is 0.738. The number of carbonyl (C=O) groups excluding carboxylic acids is 1. The smallest absolute Gasteiger partial charge is 0.337 e.